The number of rotatable bonds is 5. The van der Waals surface area contributed by atoms with Crippen LogP contribution in [0.2, 0.25) is 0 Å². The number of benzene rings is 3. The van der Waals surface area contributed by atoms with Crippen molar-refractivity contribution >= 4 is 35.1 Å². The number of nitrogens with zero attached hydrogens (tertiary/aromatic N) is 2. The second-order valence-electron chi connectivity index (χ2n) is 11.6. The van der Waals surface area contributed by atoms with Gasteiger partial charge < -0.3 is 5.32 Å². The molecule has 5 aromatic rings. The van der Waals surface area contributed by atoms with Gasteiger partial charge in [0.1, 0.15) is 0 Å². The average Bonchev–Trinajstić information content (AvgIpc) is 3.12. The number of hydrogen-bond acceptors (Lipinski definition) is 3. The average molecular weight is 568 g/mol. The van der Waals surface area contributed by atoms with E-state index in [0.29, 0.717) is 0 Å². The van der Waals surface area contributed by atoms with Gasteiger partial charge >= 0.3 is 0 Å². The Morgan fingerprint density at radius 1 is 0.545 bits per heavy atom. The maximum Gasteiger partial charge on any atom is 0.0861 e. The molecule has 3 aliphatic rings. The van der Waals surface area contributed by atoms with Gasteiger partial charge in [-0.15, -0.1) is 0 Å². The lowest BCUT2D eigenvalue weighted by Gasteiger charge is -2.28. The van der Waals surface area contributed by atoms with E-state index in [9.17, 15) is 0 Å². The highest BCUT2D eigenvalue weighted by Crippen LogP contribution is 2.38. The number of fused-ring (bicyclic) bond motifs is 2. The van der Waals surface area contributed by atoms with E-state index in [2.05, 4.69) is 112 Å². The van der Waals surface area contributed by atoms with Gasteiger partial charge in [-0.1, -0.05) is 91.0 Å². The van der Waals surface area contributed by atoms with Gasteiger partial charge in [-0.3, -0.25) is 9.97 Å². The lowest BCUT2D eigenvalue weighted by molar-refractivity contribution is 0.961. The normalized spacial score (nSPS) is 15.3. The summed E-state index contributed by atoms with van der Waals surface area (Å²) in [6.07, 6.45) is 19.8. The van der Waals surface area contributed by atoms with E-state index in [1.165, 1.54) is 55.0 Å². The van der Waals surface area contributed by atoms with Crippen molar-refractivity contribution in [1.82, 2.24) is 15.3 Å². The Labute approximate surface area is 258 Å². The predicted octanol–water partition coefficient (Wildman–Crippen LogP) is 7.68. The molecule has 0 fully saturated rings. The van der Waals surface area contributed by atoms with E-state index < -0.39 is 0 Å². The largest absolute Gasteiger partial charge is 0.379 e. The summed E-state index contributed by atoms with van der Waals surface area (Å²) in [5.74, 6) is 0. The molecule has 0 unspecified atom stereocenters. The molecule has 3 heterocycles. The van der Waals surface area contributed by atoms with Crippen LogP contribution in [0.1, 0.15) is 47.2 Å². The quantitative estimate of drug-likeness (QED) is 0.237. The number of hydrogen-bond donors (Lipinski definition) is 1. The first kappa shape index (κ1) is 26.4. The van der Waals surface area contributed by atoms with Crippen molar-refractivity contribution in [1.29, 1.82) is 0 Å². The third kappa shape index (κ3) is 4.81. The number of pyridine rings is 2. The highest BCUT2D eigenvalue weighted by Gasteiger charge is 2.25. The first-order chi connectivity index (χ1) is 21.8. The second-order valence-corrected chi connectivity index (χ2v) is 11.6. The molecule has 3 aromatic carbocycles. The van der Waals surface area contributed by atoms with Gasteiger partial charge in [0.05, 0.1) is 17.1 Å². The molecule has 0 bridgehead atoms. The van der Waals surface area contributed by atoms with Gasteiger partial charge in [-0.05, 0) is 111 Å². The summed E-state index contributed by atoms with van der Waals surface area (Å²) in [5, 5.41) is 6.43. The van der Waals surface area contributed by atoms with Crippen molar-refractivity contribution in [2.24, 2.45) is 0 Å². The Hall–Kier alpha value is -5.28. The van der Waals surface area contributed by atoms with Gasteiger partial charge in [0.15, 0.2) is 0 Å². The van der Waals surface area contributed by atoms with Crippen LogP contribution in [0.3, 0.4) is 0 Å². The molecule has 0 saturated carbocycles. The predicted molar refractivity (Wildman–Crippen MR) is 183 cm³/mol. The first-order valence-electron chi connectivity index (χ1n) is 15.6. The fourth-order valence-electron chi connectivity index (χ4n) is 6.93. The molecular weight excluding hydrogens is 534 g/mol. The standard InChI is InChI=1S/C41H33N3/c1-2-10-28(11-3-1)31-20-22-35-36(26-31)40(30-18-16-29(17-19-30)37-14-6-8-24-42-37)33-12-4-5-13-34(33)41(35)32-21-23-39(44-27-32)38-15-7-9-25-43-38/h1-3,6-19,21,23-26,44H,4-5,20,22,27H2. The minimum Gasteiger partial charge on any atom is -0.379 e. The lowest BCUT2D eigenvalue weighted by Crippen LogP contribution is -2.36. The third-order valence-electron chi connectivity index (χ3n) is 9.01. The van der Waals surface area contributed by atoms with Crippen molar-refractivity contribution < 1.29 is 0 Å². The van der Waals surface area contributed by atoms with Crippen molar-refractivity contribution in [2.45, 2.75) is 25.7 Å². The van der Waals surface area contributed by atoms with E-state index in [4.69, 9.17) is 0 Å². The Morgan fingerprint density at radius 3 is 1.91 bits per heavy atom. The van der Waals surface area contributed by atoms with Gasteiger partial charge in [-0.2, -0.15) is 0 Å². The zero-order chi connectivity index (χ0) is 29.3. The van der Waals surface area contributed by atoms with E-state index in [-0.39, 0.29) is 0 Å². The number of nitrogens with one attached hydrogen (secondary N) is 1. The van der Waals surface area contributed by atoms with E-state index in [0.717, 1.165) is 54.9 Å². The maximum absolute atomic E-state index is 4.58. The van der Waals surface area contributed by atoms with Crippen molar-refractivity contribution in [3.63, 3.8) is 0 Å². The van der Waals surface area contributed by atoms with Crippen LogP contribution in [0, 0.1) is 0 Å². The molecule has 0 amide bonds. The van der Waals surface area contributed by atoms with Crippen LogP contribution in [0.4, 0.5) is 0 Å². The Bertz CT molecular complexity index is 2070. The SMILES string of the molecule is C1=C(c2ccccc2)CCc2c1c(-c1ccc(-c3ccccn3)cc1)c1c(c2C2=CC=C(c3ccccn3)NC2)=CCCC=1. The highest BCUT2D eigenvalue weighted by atomic mass is 14.9. The fourth-order valence-corrected chi connectivity index (χ4v) is 6.93. The monoisotopic (exact) mass is 567 g/mol. The van der Waals surface area contributed by atoms with Crippen LogP contribution < -0.4 is 15.8 Å². The zero-order valence-electron chi connectivity index (χ0n) is 24.6. The minimum absolute atomic E-state index is 0.780. The molecular formula is C41H33N3. The van der Waals surface area contributed by atoms with Crippen molar-refractivity contribution in [2.75, 3.05) is 6.54 Å². The Balaban J connectivity index is 1.34. The van der Waals surface area contributed by atoms with Crippen molar-refractivity contribution in [3.8, 4) is 22.4 Å². The topological polar surface area (TPSA) is 37.8 Å². The summed E-state index contributed by atoms with van der Waals surface area (Å²) < 4.78 is 0. The van der Waals surface area contributed by atoms with E-state index in [1.54, 1.807) is 0 Å². The molecule has 0 radical (unpaired) electrons. The fraction of sp³-hybridized carbons (Fsp3) is 0.122. The molecule has 44 heavy (non-hydrogen) atoms. The summed E-state index contributed by atoms with van der Waals surface area (Å²) in [5.41, 5.74) is 15.1. The summed E-state index contributed by atoms with van der Waals surface area (Å²) in [7, 11) is 0. The molecule has 3 heteroatoms. The second kappa shape index (κ2) is 11.4. The molecule has 1 aliphatic heterocycles. The Morgan fingerprint density at radius 2 is 1.23 bits per heavy atom. The summed E-state index contributed by atoms with van der Waals surface area (Å²) >= 11 is 0. The van der Waals surface area contributed by atoms with E-state index >= 15 is 0 Å². The van der Waals surface area contributed by atoms with Gasteiger partial charge in [-0.25, -0.2) is 0 Å². The molecule has 3 nitrogen and oxygen atoms in total. The van der Waals surface area contributed by atoms with Crippen LogP contribution in [0.25, 0.3) is 57.5 Å². The molecule has 1 N–H and O–H groups in total. The maximum atomic E-state index is 4.58. The molecule has 212 valence electrons. The molecule has 0 spiro atoms. The smallest absolute Gasteiger partial charge is 0.0861 e. The highest BCUT2D eigenvalue weighted by molar-refractivity contribution is 5.94. The van der Waals surface area contributed by atoms with Crippen LogP contribution in [0.5, 0.6) is 0 Å². The van der Waals surface area contributed by atoms with Crippen molar-refractivity contribution in [3.05, 3.63) is 154 Å². The molecule has 2 aliphatic carbocycles. The summed E-state index contributed by atoms with van der Waals surface area (Å²) in [6.45, 7) is 0.780. The number of aromatic nitrogens is 2. The van der Waals surface area contributed by atoms with Gasteiger partial charge in [0.25, 0.3) is 0 Å². The van der Waals surface area contributed by atoms with Crippen LogP contribution in [-0.4, -0.2) is 16.5 Å². The minimum atomic E-state index is 0.780. The zero-order valence-corrected chi connectivity index (χ0v) is 24.6. The molecule has 8 rings (SSSR count). The van der Waals surface area contributed by atoms with Crippen LogP contribution >= 0.6 is 0 Å². The lowest BCUT2D eigenvalue weighted by atomic mass is 9.77. The van der Waals surface area contributed by atoms with Gasteiger partial charge in [0, 0.05) is 24.5 Å². The molecule has 2 aromatic heterocycles. The summed E-state index contributed by atoms with van der Waals surface area (Å²) in [6, 6.07) is 32.1. The summed E-state index contributed by atoms with van der Waals surface area (Å²) in [4.78, 5) is 9.15. The first-order valence-corrected chi connectivity index (χ1v) is 15.6. The number of dihydropyridines is 1. The Kier molecular flexibility index (Phi) is 6.84. The van der Waals surface area contributed by atoms with Crippen LogP contribution in [-0.2, 0) is 6.42 Å². The van der Waals surface area contributed by atoms with Gasteiger partial charge in [0.2, 0.25) is 0 Å². The number of allylic oxidation sites excluding steroid dienone is 3. The third-order valence-corrected chi connectivity index (χ3v) is 9.01. The molecule has 0 atom stereocenters. The van der Waals surface area contributed by atoms with E-state index in [1.807, 2.05) is 36.7 Å². The van der Waals surface area contributed by atoms with Crippen LogP contribution in [0.15, 0.2) is 116 Å². The molecule has 0 saturated heterocycles.